The first-order valence-corrected chi connectivity index (χ1v) is 44.2. The van der Waals surface area contributed by atoms with Gasteiger partial charge in [-0.25, -0.2) is 0 Å². The molecule has 0 saturated carbocycles. The van der Waals surface area contributed by atoms with Crippen LogP contribution in [-0.4, -0.2) is 226 Å². The Morgan fingerprint density at radius 2 is 0.529 bits per heavy atom. The summed E-state index contributed by atoms with van der Waals surface area (Å²) < 4.78 is 54.1. The Bertz CT molecular complexity index is 5140. The fourth-order valence-corrected chi connectivity index (χ4v) is 11.8. The molecule has 7 aromatic rings. The van der Waals surface area contributed by atoms with Gasteiger partial charge in [0.25, 0.3) is 0 Å². The molecule has 10 unspecified atom stereocenters. The summed E-state index contributed by atoms with van der Waals surface area (Å²) in [5.41, 5.74) is 0.130. The predicted octanol–water partition coefficient (Wildman–Crippen LogP) is 8.11. The van der Waals surface area contributed by atoms with Crippen molar-refractivity contribution in [1.82, 2.24) is 63.0 Å². The molecule has 0 radical (unpaired) electrons. The topological polar surface area (TPSA) is 566 Å². The normalized spacial score (nSPS) is 15.9. The maximum absolute atomic E-state index is 12.6. The Labute approximate surface area is 813 Å². The molecular formula is C100H132N12O28. The van der Waals surface area contributed by atoms with Gasteiger partial charge in [-0.3, -0.25) is 67.1 Å². The molecule has 0 spiro atoms. The summed E-state index contributed by atoms with van der Waals surface area (Å²) in [6, 6.07) is 21.6. The van der Waals surface area contributed by atoms with Crippen LogP contribution in [0, 0.1) is 0 Å². The second kappa shape index (κ2) is 64.5. The molecule has 3 aliphatic heterocycles. The van der Waals surface area contributed by atoms with E-state index in [1.54, 1.807) is 44.2 Å². The summed E-state index contributed by atoms with van der Waals surface area (Å²) in [7, 11) is 12.0. The fraction of sp³-hybridized carbons (Fsp3) is 0.380. The Balaban J connectivity index is 0.000000461. The highest BCUT2D eigenvalue weighted by atomic mass is 16.5. The molecule has 10 amide bonds. The highest BCUT2D eigenvalue weighted by Gasteiger charge is 2.33. The third-order valence-electron chi connectivity index (χ3n) is 19.3. The van der Waals surface area contributed by atoms with Crippen LogP contribution in [0.1, 0.15) is 197 Å². The number of aliphatic hydroxyl groups is 4. The van der Waals surface area contributed by atoms with E-state index in [-0.39, 0.29) is 167 Å². The first-order valence-electron chi connectivity index (χ1n) is 44.2. The van der Waals surface area contributed by atoms with E-state index in [9.17, 15) is 87.5 Å². The van der Waals surface area contributed by atoms with Gasteiger partial charge in [-0.05, 0) is 210 Å². The van der Waals surface area contributed by atoms with Crippen LogP contribution in [0.3, 0.4) is 0 Å². The van der Waals surface area contributed by atoms with Gasteiger partial charge in [0.1, 0.15) is 82.0 Å². The SMILES string of the molecule is C=C(C)C(=O)NCC1CCC(CNC(=O)C(=C)C(O)c2ccc(C(O)C(=C)C(=O)NCC3CCC(CC)O3)o2)O1.C=C(C)C(=O)NCc1ccc(CNC(=O)C(=C)C(O)c2ccc(C(O)C(=C)C(=O)NCc3ccc(CC)o3)o2)o1.C=CC(=O)NCC1CCC(CNC(=O)C=C)O1.C=CC(=O)NCc1ccc(CNC(=O)C=C)o1.CN(C)C.CN(C)C.O=Cc1ccc(C=O)o1.O=Cc1ccc(C=O)o1. The molecule has 10 rings (SSSR count). The van der Waals surface area contributed by atoms with Crippen molar-refractivity contribution in [2.75, 3.05) is 75.0 Å². The van der Waals surface area contributed by atoms with Crippen LogP contribution in [0.25, 0.3) is 0 Å². The van der Waals surface area contributed by atoms with Crippen molar-refractivity contribution in [2.24, 2.45) is 0 Å². The average Bonchev–Trinajstić information content (AvgIpc) is 1.69. The summed E-state index contributed by atoms with van der Waals surface area (Å²) >= 11 is 0. The summed E-state index contributed by atoms with van der Waals surface area (Å²) in [6.07, 6.45) is 7.55. The average molecular weight is 1950 g/mol. The van der Waals surface area contributed by atoms with E-state index >= 15 is 0 Å². The zero-order valence-electron chi connectivity index (χ0n) is 80.8. The standard InChI is InChI=1S/C29H41N3O8.C29H33N3O8.C12H18N2O3.C12H14N2O3.2C6H4O3.2C3H9N/c2*1-6-19-7-8-20(38-19)14-31-28(36)17(4)25(33)23-11-12-24(40-23)26(34)18(5)29(37)32-15-22-10-9-21(39-22)13-30-27(35)16(2)3;2*1-3-11(15)13-7-9-5-6-10(17-9)8-14-12(16)4-2;2*7-3-5-1-2-6(4-8)9-5;2*1-4(2)3/h11-12,19-22,25-26,33-34H,2,4-10,13-15H2,1,3H3,(H,30,35)(H,31,36)(H,32,37);7-12,25-26,33-34H,2,4-6,13-15H2,1,3H3,(H,30,35)(H,31,36)(H,32,37);3-4,9-10H,1-2,5-8H2,(H,13,15)(H,14,16);3-6H,1-2,7-8H2,(H,13,15)(H,14,16);2*1-4H;2*1-3H3. The lowest BCUT2D eigenvalue weighted by Gasteiger charge is -2.17. The van der Waals surface area contributed by atoms with Crippen molar-refractivity contribution < 1.29 is 133 Å². The van der Waals surface area contributed by atoms with Crippen LogP contribution in [0.15, 0.2) is 239 Å². The summed E-state index contributed by atoms with van der Waals surface area (Å²) in [5.74, 6) is 0.245. The molecule has 14 N–H and O–H groups in total. The highest BCUT2D eigenvalue weighted by Crippen LogP contribution is 2.32. The van der Waals surface area contributed by atoms with Crippen LogP contribution in [0.5, 0.6) is 0 Å². The van der Waals surface area contributed by atoms with E-state index < -0.39 is 48.0 Å². The van der Waals surface area contributed by atoms with E-state index in [2.05, 4.69) is 135 Å². The maximum Gasteiger partial charge on any atom is 0.250 e. The van der Waals surface area contributed by atoms with Crippen molar-refractivity contribution in [1.29, 1.82) is 0 Å². The Kier molecular flexibility index (Phi) is 55.0. The minimum atomic E-state index is -1.51. The fourth-order valence-electron chi connectivity index (χ4n) is 11.8. The minimum Gasteiger partial charge on any atom is -0.464 e. The number of carbonyl (C=O) groups excluding carboxylic acids is 14. The molecule has 760 valence electrons. The number of nitrogens with one attached hydrogen (secondary N) is 10. The van der Waals surface area contributed by atoms with E-state index in [0.717, 1.165) is 50.7 Å². The number of furan rings is 7. The number of hydrogen-bond donors (Lipinski definition) is 14. The Morgan fingerprint density at radius 1 is 0.314 bits per heavy atom. The third kappa shape index (κ3) is 45.6. The third-order valence-corrected chi connectivity index (χ3v) is 19.3. The van der Waals surface area contributed by atoms with Crippen LogP contribution in [0.4, 0.5) is 0 Å². The number of rotatable bonds is 44. The van der Waals surface area contributed by atoms with Crippen molar-refractivity contribution in [3.63, 3.8) is 0 Å². The van der Waals surface area contributed by atoms with Gasteiger partial charge in [-0.15, -0.1) is 0 Å². The first kappa shape index (κ1) is 120. The number of nitrogens with zero attached hydrogens (tertiary/aromatic N) is 2. The number of aryl methyl sites for hydroxylation is 1. The van der Waals surface area contributed by atoms with Gasteiger partial charge in [0, 0.05) is 72.6 Å². The molecule has 0 bridgehead atoms. The predicted molar refractivity (Wildman–Crippen MR) is 516 cm³/mol. The number of amides is 10. The molecule has 0 aliphatic carbocycles. The zero-order chi connectivity index (χ0) is 105. The van der Waals surface area contributed by atoms with Gasteiger partial charge >= 0.3 is 0 Å². The van der Waals surface area contributed by atoms with Gasteiger partial charge in [0.05, 0.1) is 69.3 Å². The van der Waals surface area contributed by atoms with Crippen LogP contribution < -0.4 is 53.2 Å². The molecule has 40 heteroatoms. The van der Waals surface area contributed by atoms with Crippen LogP contribution in [-0.2, 0) is 101 Å². The lowest BCUT2D eigenvalue weighted by Crippen LogP contribution is -2.36. The van der Waals surface area contributed by atoms with Crippen LogP contribution in [0.2, 0.25) is 0 Å². The molecule has 3 fully saturated rings. The number of carbonyl (C=O) groups is 14. The summed E-state index contributed by atoms with van der Waals surface area (Å²) in [4.78, 5) is 161. The van der Waals surface area contributed by atoms with Crippen molar-refractivity contribution >= 4 is 84.2 Å². The monoisotopic (exact) mass is 1950 g/mol. The molecule has 40 nitrogen and oxygen atoms in total. The molecule has 0 aromatic carbocycles. The molecule has 10 heterocycles. The van der Waals surface area contributed by atoms with Crippen molar-refractivity contribution in [3.05, 3.63) is 289 Å². The summed E-state index contributed by atoms with van der Waals surface area (Å²) in [5, 5.41) is 68.9. The number of ether oxygens (including phenoxy) is 3. The van der Waals surface area contributed by atoms with Gasteiger partial charge in [0.15, 0.2) is 48.2 Å². The molecular weight excluding hydrogens is 1820 g/mol. The number of aliphatic hydroxyl groups excluding tert-OH is 4. The molecule has 7 aromatic heterocycles. The van der Waals surface area contributed by atoms with Gasteiger partial charge in [0.2, 0.25) is 59.1 Å². The van der Waals surface area contributed by atoms with Crippen molar-refractivity contribution in [3.8, 4) is 0 Å². The van der Waals surface area contributed by atoms with Crippen LogP contribution >= 0.6 is 0 Å². The van der Waals surface area contributed by atoms with Gasteiger partial charge in [-0.1, -0.05) is 79.6 Å². The number of aldehydes is 4. The largest absolute Gasteiger partial charge is 0.464 e. The Hall–Kier alpha value is -14.6. The van der Waals surface area contributed by atoms with Gasteiger partial charge in [-0.2, -0.15) is 0 Å². The summed E-state index contributed by atoms with van der Waals surface area (Å²) in [6.45, 7) is 45.1. The van der Waals surface area contributed by atoms with Crippen molar-refractivity contribution in [2.45, 2.75) is 173 Å². The Morgan fingerprint density at radius 3 is 0.764 bits per heavy atom. The van der Waals surface area contributed by atoms with E-state index in [1.165, 1.54) is 72.8 Å². The van der Waals surface area contributed by atoms with E-state index in [1.807, 2.05) is 65.1 Å². The molecule has 140 heavy (non-hydrogen) atoms. The highest BCUT2D eigenvalue weighted by molar-refractivity contribution is 5.96. The second-order valence-corrected chi connectivity index (χ2v) is 32.0. The maximum atomic E-state index is 12.6. The second-order valence-electron chi connectivity index (χ2n) is 32.0. The quantitative estimate of drug-likeness (QED) is 0.0127. The van der Waals surface area contributed by atoms with Gasteiger partial charge < -0.3 is 129 Å². The smallest absolute Gasteiger partial charge is 0.250 e. The number of hydrogen-bond acceptors (Lipinski definition) is 30. The first-order chi connectivity index (χ1) is 66.5. The zero-order valence-corrected chi connectivity index (χ0v) is 80.8. The lowest BCUT2D eigenvalue weighted by atomic mass is 10.1. The minimum absolute atomic E-state index is 0.00490. The lowest BCUT2D eigenvalue weighted by molar-refractivity contribution is -0.120. The molecule has 3 aliphatic rings. The van der Waals surface area contributed by atoms with E-state index in [4.69, 9.17) is 36.3 Å². The molecule has 10 atom stereocenters. The van der Waals surface area contributed by atoms with E-state index in [0.29, 0.717) is 111 Å². The molecule has 3 saturated heterocycles.